The molecule has 0 bridgehead atoms. The second-order valence-electron chi connectivity index (χ2n) is 6.45. The lowest BCUT2D eigenvalue weighted by molar-refractivity contribution is 0.102. The van der Waals surface area contributed by atoms with Crippen molar-refractivity contribution in [1.82, 2.24) is 4.90 Å². The number of rotatable bonds is 4. The van der Waals surface area contributed by atoms with Crippen LogP contribution in [0.3, 0.4) is 0 Å². The number of benzene rings is 2. The summed E-state index contributed by atoms with van der Waals surface area (Å²) >= 11 is 6.01. The van der Waals surface area contributed by atoms with Gasteiger partial charge in [-0.25, -0.2) is 0 Å². The lowest BCUT2D eigenvalue weighted by atomic mass is 10.1. The van der Waals surface area contributed by atoms with E-state index in [2.05, 4.69) is 22.3 Å². The van der Waals surface area contributed by atoms with E-state index < -0.39 is 0 Å². The van der Waals surface area contributed by atoms with E-state index in [9.17, 15) is 4.79 Å². The van der Waals surface area contributed by atoms with Gasteiger partial charge in [0.2, 0.25) is 0 Å². The Morgan fingerprint density at radius 3 is 2.46 bits per heavy atom. The summed E-state index contributed by atoms with van der Waals surface area (Å²) in [6.07, 6.45) is 3.95. The molecule has 1 N–H and O–H groups in total. The summed E-state index contributed by atoms with van der Waals surface area (Å²) in [5, 5.41) is 3.61. The number of carbonyl (C=O) groups is 1. The van der Waals surface area contributed by atoms with Gasteiger partial charge in [0.1, 0.15) is 0 Å². The van der Waals surface area contributed by atoms with Crippen LogP contribution < -0.4 is 5.32 Å². The summed E-state index contributed by atoms with van der Waals surface area (Å²) < 4.78 is 0. The summed E-state index contributed by atoms with van der Waals surface area (Å²) in [6.45, 7) is 5.27. The third-order valence-corrected chi connectivity index (χ3v) is 4.91. The second kappa shape index (κ2) is 7.82. The van der Waals surface area contributed by atoms with Crippen LogP contribution in [0.5, 0.6) is 0 Å². The number of halogens is 1. The van der Waals surface area contributed by atoms with E-state index in [1.807, 2.05) is 25.1 Å². The van der Waals surface area contributed by atoms with Gasteiger partial charge in [0.25, 0.3) is 5.91 Å². The number of anilines is 1. The van der Waals surface area contributed by atoms with Gasteiger partial charge in [-0.05, 0) is 74.3 Å². The fourth-order valence-electron chi connectivity index (χ4n) is 3.06. The standard InChI is InChI=1S/C20H23ClN2O/c1-15-13-17(7-10-19(15)21)20(24)22-18-8-5-16(6-9-18)14-23-11-3-2-4-12-23/h5-10,13H,2-4,11-12,14H2,1H3,(H,22,24). The monoisotopic (exact) mass is 342 g/mol. The smallest absolute Gasteiger partial charge is 0.255 e. The molecule has 3 nitrogen and oxygen atoms in total. The molecule has 0 spiro atoms. The Hall–Kier alpha value is -1.84. The number of carbonyl (C=O) groups excluding carboxylic acids is 1. The molecule has 24 heavy (non-hydrogen) atoms. The Morgan fingerprint density at radius 2 is 1.79 bits per heavy atom. The molecule has 1 saturated heterocycles. The minimum absolute atomic E-state index is 0.112. The van der Waals surface area contributed by atoms with Crippen molar-refractivity contribution in [2.45, 2.75) is 32.7 Å². The number of amides is 1. The maximum atomic E-state index is 12.3. The zero-order chi connectivity index (χ0) is 16.9. The van der Waals surface area contributed by atoms with Crippen LogP contribution in [0.15, 0.2) is 42.5 Å². The first-order valence-corrected chi connectivity index (χ1v) is 8.88. The number of nitrogens with zero attached hydrogens (tertiary/aromatic N) is 1. The summed E-state index contributed by atoms with van der Waals surface area (Å²) in [7, 11) is 0. The molecule has 0 atom stereocenters. The van der Waals surface area contributed by atoms with Gasteiger partial charge in [-0.15, -0.1) is 0 Å². The van der Waals surface area contributed by atoms with Gasteiger partial charge < -0.3 is 5.32 Å². The summed E-state index contributed by atoms with van der Waals surface area (Å²) in [6, 6.07) is 13.4. The van der Waals surface area contributed by atoms with Crippen LogP contribution in [-0.2, 0) is 6.54 Å². The van der Waals surface area contributed by atoms with Crippen LogP contribution in [0, 0.1) is 6.92 Å². The number of hydrogen-bond donors (Lipinski definition) is 1. The van der Waals surface area contributed by atoms with Crippen molar-refractivity contribution in [3.05, 3.63) is 64.2 Å². The van der Waals surface area contributed by atoms with E-state index >= 15 is 0 Å². The van der Waals surface area contributed by atoms with Crippen LogP contribution >= 0.6 is 11.6 Å². The molecule has 1 heterocycles. The van der Waals surface area contributed by atoms with Crippen LogP contribution in [0.2, 0.25) is 5.02 Å². The average molecular weight is 343 g/mol. The zero-order valence-electron chi connectivity index (χ0n) is 14.0. The first kappa shape index (κ1) is 17.0. The molecule has 126 valence electrons. The quantitative estimate of drug-likeness (QED) is 0.858. The maximum absolute atomic E-state index is 12.3. The molecule has 1 amide bonds. The molecular formula is C20H23ClN2O. The predicted octanol–water partition coefficient (Wildman–Crippen LogP) is 4.89. The normalized spacial score (nSPS) is 15.2. The van der Waals surface area contributed by atoms with Crippen LogP contribution in [0.4, 0.5) is 5.69 Å². The van der Waals surface area contributed by atoms with Gasteiger partial charge in [-0.3, -0.25) is 9.69 Å². The molecule has 0 aliphatic carbocycles. The van der Waals surface area contributed by atoms with Crippen molar-refractivity contribution in [2.24, 2.45) is 0 Å². The number of hydrogen-bond acceptors (Lipinski definition) is 2. The van der Waals surface area contributed by atoms with Crippen molar-refractivity contribution >= 4 is 23.2 Å². The minimum Gasteiger partial charge on any atom is -0.322 e. The van der Waals surface area contributed by atoms with E-state index in [1.54, 1.807) is 12.1 Å². The highest BCUT2D eigenvalue weighted by Gasteiger charge is 2.11. The molecule has 1 aliphatic rings. The first-order valence-electron chi connectivity index (χ1n) is 8.50. The van der Waals surface area contributed by atoms with E-state index in [-0.39, 0.29) is 5.91 Å². The summed E-state index contributed by atoms with van der Waals surface area (Å²) in [5.41, 5.74) is 3.63. The largest absolute Gasteiger partial charge is 0.322 e. The minimum atomic E-state index is -0.112. The highest BCUT2D eigenvalue weighted by molar-refractivity contribution is 6.31. The molecule has 1 fully saturated rings. The molecule has 0 saturated carbocycles. The number of aryl methyl sites for hydroxylation is 1. The fourth-order valence-corrected chi connectivity index (χ4v) is 3.18. The maximum Gasteiger partial charge on any atom is 0.255 e. The molecule has 0 radical (unpaired) electrons. The Bertz CT molecular complexity index is 706. The molecule has 0 unspecified atom stereocenters. The van der Waals surface area contributed by atoms with Crippen molar-refractivity contribution in [3.8, 4) is 0 Å². The lowest BCUT2D eigenvalue weighted by Crippen LogP contribution is -2.29. The summed E-state index contributed by atoms with van der Waals surface area (Å²) in [5.74, 6) is -0.112. The number of nitrogens with one attached hydrogen (secondary N) is 1. The second-order valence-corrected chi connectivity index (χ2v) is 6.86. The molecule has 2 aromatic carbocycles. The van der Waals surface area contributed by atoms with Crippen molar-refractivity contribution < 1.29 is 4.79 Å². The molecule has 2 aromatic rings. The fraction of sp³-hybridized carbons (Fsp3) is 0.350. The molecule has 3 rings (SSSR count). The Kier molecular flexibility index (Phi) is 5.54. The van der Waals surface area contributed by atoms with Crippen LogP contribution in [-0.4, -0.2) is 23.9 Å². The summed E-state index contributed by atoms with van der Waals surface area (Å²) in [4.78, 5) is 14.8. The zero-order valence-corrected chi connectivity index (χ0v) is 14.8. The van der Waals surface area contributed by atoms with Crippen molar-refractivity contribution in [3.63, 3.8) is 0 Å². The van der Waals surface area contributed by atoms with Gasteiger partial charge >= 0.3 is 0 Å². The molecular weight excluding hydrogens is 320 g/mol. The van der Waals surface area contributed by atoms with E-state index in [4.69, 9.17) is 11.6 Å². The number of piperidine rings is 1. The van der Waals surface area contributed by atoms with Crippen LogP contribution in [0.1, 0.15) is 40.7 Å². The highest BCUT2D eigenvalue weighted by Crippen LogP contribution is 2.19. The van der Waals surface area contributed by atoms with Gasteiger partial charge in [-0.1, -0.05) is 30.2 Å². The first-order chi connectivity index (χ1) is 11.6. The Balaban J connectivity index is 1.60. The predicted molar refractivity (Wildman–Crippen MR) is 99.7 cm³/mol. The van der Waals surface area contributed by atoms with Gasteiger partial charge in [0.05, 0.1) is 0 Å². The Labute approximate surface area is 148 Å². The SMILES string of the molecule is Cc1cc(C(=O)Nc2ccc(CN3CCCCC3)cc2)ccc1Cl. The van der Waals surface area contributed by atoms with Gasteiger partial charge in [0.15, 0.2) is 0 Å². The van der Waals surface area contributed by atoms with Crippen LogP contribution in [0.25, 0.3) is 0 Å². The lowest BCUT2D eigenvalue weighted by Gasteiger charge is -2.26. The van der Waals surface area contributed by atoms with E-state index in [0.717, 1.165) is 17.8 Å². The molecule has 1 aliphatic heterocycles. The topological polar surface area (TPSA) is 32.3 Å². The third-order valence-electron chi connectivity index (χ3n) is 4.49. The van der Waals surface area contributed by atoms with E-state index in [0.29, 0.717) is 10.6 Å². The van der Waals surface area contributed by atoms with E-state index in [1.165, 1.54) is 37.9 Å². The van der Waals surface area contributed by atoms with Gasteiger partial charge in [0, 0.05) is 22.8 Å². The van der Waals surface area contributed by atoms with Crippen molar-refractivity contribution in [2.75, 3.05) is 18.4 Å². The highest BCUT2D eigenvalue weighted by atomic mass is 35.5. The Morgan fingerprint density at radius 1 is 1.08 bits per heavy atom. The molecule has 0 aromatic heterocycles. The molecule has 4 heteroatoms. The average Bonchev–Trinajstić information content (AvgIpc) is 2.60. The van der Waals surface area contributed by atoms with Crippen molar-refractivity contribution in [1.29, 1.82) is 0 Å². The number of likely N-dealkylation sites (tertiary alicyclic amines) is 1. The van der Waals surface area contributed by atoms with Gasteiger partial charge in [-0.2, -0.15) is 0 Å². The third kappa shape index (κ3) is 4.37.